The number of nitrogens with one attached hydrogen (secondary N) is 1. The molecule has 1 atom stereocenters. The normalized spacial score (nSPS) is 13.4. The highest BCUT2D eigenvalue weighted by Crippen LogP contribution is 2.19. The van der Waals surface area contributed by atoms with E-state index >= 15 is 0 Å². The SMILES string of the molecule is CCNCC(Cc1cccs1)C(C)C. The Morgan fingerprint density at radius 1 is 1.43 bits per heavy atom. The molecule has 1 nitrogen and oxygen atoms in total. The lowest BCUT2D eigenvalue weighted by molar-refractivity contribution is 0.365. The molecule has 0 amide bonds. The van der Waals surface area contributed by atoms with E-state index < -0.39 is 0 Å². The third-order valence-corrected chi connectivity index (χ3v) is 3.54. The maximum absolute atomic E-state index is 3.45. The van der Waals surface area contributed by atoms with Crippen molar-refractivity contribution >= 4 is 11.3 Å². The fraction of sp³-hybridized carbons (Fsp3) is 0.667. The predicted molar refractivity (Wildman–Crippen MR) is 64.9 cm³/mol. The molecule has 1 aromatic rings. The Morgan fingerprint density at radius 2 is 2.21 bits per heavy atom. The van der Waals surface area contributed by atoms with Crippen LogP contribution in [0.15, 0.2) is 17.5 Å². The first kappa shape index (κ1) is 11.7. The van der Waals surface area contributed by atoms with Crippen LogP contribution in [0.25, 0.3) is 0 Å². The molecule has 0 saturated carbocycles. The average molecular weight is 211 g/mol. The highest BCUT2D eigenvalue weighted by Gasteiger charge is 2.13. The lowest BCUT2D eigenvalue weighted by atomic mass is 9.92. The second-order valence-corrected chi connectivity index (χ2v) is 5.13. The molecule has 0 bridgehead atoms. The lowest BCUT2D eigenvalue weighted by Gasteiger charge is -2.20. The molecule has 2 heteroatoms. The van der Waals surface area contributed by atoms with E-state index in [0.717, 1.165) is 24.9 Å². The van der Waals surface area contributed by atoms with Gasteiger partial charge in [0.05, 0.1) is 0 Å². The highest BCUT2D eigenvalue weighted by molar-refractivity contribution is 7.09. The molecule has 1 heterocycles. The molecule has 0 aromatic carbocycles. The summed E-state index contributed by atoms with van der Waals surface area (Å²) in [6.07, 6.45) is 1.22. The first-order chi connectivity index (χ1) is 6.74. The Morgan fingerprint density at radius 3 is 2.71 bits per heavy atom. The van der Waals surface area contributed by atoms with Crippen molar-refractivity contribution in [3.05, 3.63) is 22.4 Å². The van der Waals surface area contributed by atoms with Crippen LogP contribution in [0.5, 0.6) is 0 Å². The molecule has 0 radical (unpaired) electrons. The van der Waals surface area contributed by atoms with Gasteiger partial charge in [-0.3, -0.25) is 0 Å². The number of hydrogen-bond donors (Lipinski definition) is 1. The summed E-state index contributed by atoms with van der Waals surface area (Å²) in [6.45, 7) is 9.02. The molecule has 1 aromatic heterocycles. The second kappa shape index (κ2) is 6.20. The first-order valence-corrected chi connectivity index (χ1v) is 6.35. The van der Waals surface area contributed by atoms with E-state index in [1.807, 2.05) is 11.3 Å². The topological polar surface area (TPSA) is 12.0 Å². The summed E-state index contributed by atoms with van der Waals surface area (Å²) in [6, 6.07) is 4.39. The minimum Gasteiger partial charge on any atom is -0.317 e. The second-order valence-electron chi connectivity index (χ2n) is 4.10. The zero-order chi connectivity index (χ0) is 10.4. The Balaban J connectivity index is 2.43. The van der Waals surface area contributed by atoms with Crippen LogP contribution in [0, 0.1) is 11.8 Å². The lowest BCUT2D eigenvalue weighted by Crippen LogP contribution is -2.27. The van der Waals surface area contributed by atoms with E-state index in [1.165, 1.54) is 11.3 Å². The van der Waals surface area contributed by atoms with Gasteiger partial charge in [0.15, 0.2) is 0 Å². The maximum atomic E-state index is 3.45. The van der Waals surface area contributed by atoms with Gasteiger partial charge in [0.1, 0.15) is 0 Å². The standard InChI is InChI=1S/C12H21NS/c1-4-13-9-11(10(2)3)8-12-6-5-7-14-12/h5-7,10-11,13H,4,8-9H2,1-3H3. The summed E-state index contributed by atoms with van der Waals surface area (Å²) in [5, 5.41) is 5.61. The van der Waals surface area contributed by atoms with Crippen molar-refractivity contribution in [1.29, 1.82) is 0 Å². The quantitative estimate of drug-likeness (QED) is 0.762. The largest absolute Gasteiger partial charge is 0.317 e. The van der Waals surface area contributed by atoms with E-state index in [4.69, 9.17) is 0 Å². The smallest absolute Gasteiger partial charge is 0.00485 e. The molecule has 1 unspecified atom stereocenters. The van der Waals surface area contributed by atoms with Gasteiger partial charge in [0.2, 0.25) is 0 Å². The van der Waals surface area contributed by atoms with Crippen LogP contribution < -0.4 is 5.32 Å². The maximum Gasteiger partial charge on any atom is 0.00485 e. The summed E-state index contributed by atoms with van der Waals surface area (Å²) in [7, 11) is 0. The minimum atomic E-state index is 0.760. The summed E-state index contributed by atoms with van der Waals surface area (Å²) >= 11 is 1.87. The molecular weight excluding hydrogens is 190 g/mol. The average Bonchev–Trinajstić information content (AvgIpc) is 2.64. The first-order valence-electron chi connectivity index (χ1n) is 5.47. The van der Waals surface area contributed by atoms with E-state index in [1.54, 1.807) is 0 Å². The zero-order valence-electron chi connectivity index (χ0n) is 9.42. The van der Waals surface area contributed by atoms with Crippen LogP contribution in [0.1, 0.15) is 25.6 Å². The summed E-state index contributed by atoms with van der Waals surface area (Å²) in [5.74, 6) is 1.53. The summed E-state index contributed by atoms with van der Waals surface area (Å²) in [5.41, 5.74) is 0. The van der Waals surface area contributed by atoms with Gasteiger partial charge in [-0.25, -0.2) is 0 Å². The number of rotatable bonds is 6. The fourth-order valence-corrected chi connectivity index (χ4v) is 2.36. The van der Waals surface area contributed by atoms with Gasteiger partial charge < -0.3 is 5.32 Å². The van der Waals surface area contributed by atoms with Crippen LogP contribution in [0.2, 0.25) is 0 Å². The molecule has 1 rings (SSSR count). The minimum absolute atomic E-state index is 0.760. The van der Waals surface area contributed by atoms with Crippen LogP contribution >= 0.6 is 11.3 Å². The Bertz CT molecular complexity index is 228. The van der Waals surface area contributed by atoms with Gasteiger partial charge in [-0.15, -0.1) is 11.3 Å². The van der Waals surface area contributed by atoms with Crippen LogP contribution in [0.3, 0.4) is 0 Å². The molecule has 0 spiro atoms. The van der Waals surface area contributed by atoms with E-state index in [0.29, 0.717) is 0 Å². The van der Waals surface area contributed by atoms with Crippen LogP contribution in [0.4, 0.5) is 0 Å². The summed E-state index contributed by atoms with van der Waals surface area (Å²) < 4.78 is 0. The van der Waals surface area contributed by atoms with Crippen molar-refractivity contribution in [2.75, 3.05) is 13.1 Å². The molecule has 0 aliphatic carbocycles. The molecule has 14 heavy (non-hydrogen) atoms. The third-order valence-electron chi connectivity index (χ3n) is 2.64. The van der Waals surface area contributed by atoms with Gasteiger partial charge >= 0.3 is 0 Å². The van der Waals surface area contributed by atoms with Crippen molar-refractivity contribution < 1.29 is 0 Å². The Labute approximate surface area is 91.5 Å². The number of hydrogen-bond acceptors (Lipinski definition) is 2. The highest BCUT2D eigenvalue weighted by atomic mass is 32.1. The monoisotopic (exact) mass is 211 g/mol. The summed E-state index contributed by atoms with van der Waals surface area (Å²) in [4.78, 5) is 1.52. The molecule has 1 N–H and O–H groups in total. The van der Waals surface area contributed by atoms with Crippen molar-refractivity contribution in [2.45, 2.75) is 27.2 Å². The predicted octanol–water partition coefficient (Wildman–Crippen LogP) is 3.17. The molecule has 0 fully saturated rings. The molecule has 80 valence electrons. The molecule has 0 aliphatic rings. The van der Waals surface area contributed by atoms with Gasteiger partial charge in [0, 0.05) is 4.88 Å². The van der Waals surface area contributed by atoms with Gasteiger partial charge in [-0.05, 0) is 42.8 Å². The van der Waals surface area contributed by atoms with E-state index in [2.05, 4.69) is 43.6 Å². The zero-order valence-corrected chi connectivity index (χ0v) is 10.2. The van der Waals surface area contributed by atoms with E-state index in [-0.39, 0.29) is 0 Å². The van der Waals surface area contributed by atoms with Crippen molar-refractivity contribution in [3.8, 4) is 0 Å². The fourth-order valence-electron chi connectivity index (χ4n) is 1.56. The van der Waals surface area contributed by atoms with E-state index in [9.17, 15) is 0 Å². The van der Waals surface area contributed by atoms with Crippen molar-refractivity contribution in [1.82, 2.24) is 5.32 Å². The van der Waals surface area contributed by atoms with Gasteiger partial charge in [-0.1, -0.05) is 26.8 Å². The molecule has 0 aliphatic heterocycles. The van der Waals surface area contributed by atoms with Gasteiger partial charge in [0.25, 0.3) is 0 Å². The third kappa shape index (κ3) is 3.81. The van der Waals surface area contributed by atoms with Gasteiger partial charge in [-0.2, -0.15) is 0 Å². The Hall–Kier alpha value is -0.340. The van der Waals surface area contributed by atoms with Crippen molar-refractivity contribution in [3.63, 3.8) is 0 Å². The molecular formula is C12H21NS. The van der Waals surface area contributed by atoms with Crippen molar-refractivity contribution in [2.24, 2.45) is 11.8 Å². The number of thiophene rings is 1. The van der Waals surface area contributed by atoms with Crippen LogP contribution in [-0.4, -0.2) is 13.1 Å². The molecule has 0 saturated heterocycles. The van der Waals surface area contributed by atoms with Crippen LogP contribution in [-0.2, 0) is 6.42 Å². The Kier molecular flexibility index (Phi) is 5.20.